The number of carbonyl (C=O) groups excluding carboxylic acids is 4. The zero-order chi connectivity index (χ0) is 25.1. The lowest BCUT2D eigenvalue weighted by atomic mass is 10.0. The number of carbonyl (C=O) groups is 4. The van der Waals surface area contributed by atoms with Crippen LogP contribution in [0.5, 0.6) is 0 Å². The number of aromatic nitrogens is 2. The van der Waals surface area contributed by atoms with Gasteiger partial charge in [-0.2, -0.15) is 9.36 Å². The number of rotatable bonds is 8. The van der Waals surface area contributed by atoms with Crippen molar-refractivity contribution in [3.05, 3.63) is 17.6 Å². The van der Waals surface area contributed by atoms with Gasteiger partial charge in [-0.15, -0.1) is 11.8 Å². The molecule has 1 saturated heterocycles. The van der Waals surface area contributed by atoms with Gasteiger partial charge in [-0.1, -0.05) is 5.16 Å². The lowest BCUT2D eigenvalue weighted by Gasteiger charge is -2.49. The fourth-order valence-electron chi connectivity index (χ4n) is 3.81. The minimum absolute atomic E-state index is 0.00549. The number of anilines is 1. The molecule has 3 aliphatic rings. The highest BCUT2D eigenvalue weighted by Crippen LogP contribution is 2.41. The topological polar surface area (TPSA) is 175 Å². The van der Waals surface area contributed by atoms with E-state index in [-0.39, 0.29) is 33.7 Å². The zero-order valence-electron chi connectivity index (χ0n) is 19.0. The van der Waals surface area contributed by atoms with Crippen LogP contribution < -0.4 is 11.1 Å². The van der Waals surface area contributed by atoms with E-state index < -0.39 is 42.0 Å². The van der Waals surface area contributed by atoms with Gasteiger partial charge in [-0.05, 0) is 38.7 Å². The van der Waals surface area contributed by atoms with Crippen LogP contribution in [0, 0.1) is 0 Å². The maximum absolute atomic E-state index is 13.1. The molecule has 1 aromatic heterocycles. The van der Waals surface area contributed by atoms with Crippen LogP contribution >= 0.6 is 23.3 Å². The Balaban J connectivity index is 1.45. The average Bonchev–Trinajstić information content (AvgIpc) is 3.48. The first-order valence-electron chi connectivity index (χ1n) is 10.9. The Bertz CT molecular complexity index is 1080. The van der Waals surface area contributed by atoms with Gasteiger partial charge in [0, 0.05) is 23.7 Å². The maximum Gasteiger partial charge on any atom is 0.357 e. The number of fused-ring (bicyclic) bond motifs is 1. The molecule has 2 fully saturated rings. The second-order valence-corrected chi connectivity index (χ2v) is 10.3. The van der Waals surface area contributed by atoms with Crippen molar-refractivity contribution in [2.75, 3.05) is 12.5 Å². The van der Waals surface area contributed by atoms with Crippen molar-refractivity contribution >= 4 is 57.9 Å². The predicted octanol–water partition coefficient (Wildman–Crippen LogP) is 0.520. The molecule has 0 spiro atoms. The first-order valence-corrected chi connectivity index (χ1v) is 12.6. The highest BCUT2D eigenvalue weighted by molar-refractivity contribution is 8.00. The van der Waals surface area contributed by atoms with Gasteiger partial charge in [0.2, 0.25) is 18.3 Å². The second kappa shape index (κ2) is 10.6. The minimum Gasteiger partial charge on any atom is -0.428 e. The Labute approximate surface area is 208 Å². The SMILES string of the molecule is CC(=O)OCOC(=O)C1=CC(C)SC2C(NC(=O)/C(=N/OC3CCCC3)c3nsc(N)n3)C(=O)N12. The molecule has 3 N–H and O–H groups in total. The molecule has 188 valence electrons. The van der Waals surface area contributed by atoms with Crippen molar-refractivity contribution in [1.29, 1.82) is 0 Å². The number of amides is 2. The second-order valence-electron chi connectivity index (χ2n) is 8.04. The number of esters is 2. The number of nitrogens with one attached hydrogen (secondary N) is 1. The molecule has 2 amide bonds. The number of hydrogen-bond donors (Lipinski definition) is 2. The van der Waals surface area contributed by atoms with E-state index in [0.29, 0.717) is 0 Å². The zero-order valence-corrected chi connectivity index (χ0v) is 20.6. The van der Waals surface area contributed by atoms with Gasteiger partial charge in [-0.3, -0.25) is 19.3 Å². The summed E-state index contributed by atoms with van der Waals surface area (Å²) in [5, 5.41) is 6.12. The number of nitrogens with zero attached hydrogens (tertiary/aromatic N) is 4. The van der Waals surface area contributed by atoms with Crippen LogP contribution in [-0.2, 0) is 33.5 Å². The molecule has 0 bridgehead atoms. The summed E-state index contributed by atoms with van der Waals surface area (Å²) < 4.78 is 13.6. The predicted molar refractivity (Wildman–Crippen MR) is 125 cm³/mol. The van der Waals surface area contributed by atoms with Crippen LogP contribution in [0.25, 0.3) is 0 Å². The van der Waals surface area contributed by atoms with Gasteiger partial charge in [0.15, 0.2) is 5.13 Å². The number of β-lactam (4-membered cyclic amide) rings is 1. The Morgan fingerprint density at radius 2 is 2.03 bits per heavy atom. The summed E-state index contributed by atoms with van der Waals surface area (Å²) in [6.07, 6.45) is 5.19. The van der Waals surface area contributed by atoms with Crippen molar-refractivity contribution in [2.45, 2.75) is 62.3 Å². The first-order chi connectivity index (χ1) is 16.7. The van der Waals surface area contributed by atoms with E-state index >= 15 is 0 Å². The molecule has 2 aliphatic heterocycles. The van der Waals surface area contributed by atoms with Crippen LogP contribution in [0.1, 0.15) is 45.4 Å². The molecule has 13 nitrogen and oxygen atoms in total. The lowest BCUT2D eigenvalue weighted by molar-refractivity contribution is -0.166. The number of nitrogens with two attached hydrogens (primary N) is 1. The highest BCUT2D eigenvalue weighted by Gasteiger charge is 2.54. The third-order valence-electron chi connectivity index (χ3n) is 5.46. The molecular weight excluding hydrogens is 500 g/mol. The number of ether oxygens (including phenoxy) is 2. The minimum atomic E-state index is -0.924. The lowest BCUT2D eigenvalue weighted by Crippen LogP contribution is -2.71. The standard InChI is InChI=1S/C20H24N6O7S2/c1-9-7-12(19(30)32-8-31-10(2)27)26-17(29)14(18(26)34-9)22-16(28)13(15-23-20(21)35-25-15)24-33-11-5-3-4-6-11/h7,9,11,14,18H,3-6,8H2,1-2H3,(H,22,28)(H2,21,23,25)/b24-13+. The monoisotopic (exact) mass is 524 g/mol. The highest BCUT2D eigenvalue weighted by atomic mass is 32.2. The fraction of sp³-hybridized carbons (Fsp3) is 0.550. The van der Waals surface area contributed by atoms with Gasteiger partial charge < -0.3 is 25.4 Å². The molecule has 15 heteroatoms. The summed E-state index contributed by atoms with van der Waals surface area (Å²) >= 11 is 2.29. The molecular formula is C20H24N6O7S2. The molecule has 3 unspecified atom stereocenters. The van der Waals surface area contributed by atoms with E-state index in [0.717, 1.165) is 37.2 Å². The Morgan fingerprint density at radius 1 is 1.29 bits per heavy atom. The average molecular weight is 525 g/mol. The molecule has 35 heavy (non-hydrogen) atoms. The van der Waals surface area contributed by atoms with E-state index in [1.807, 2.05) is 6.92 Å². The smallest absolute Gasteiger partial charge is 0.357 e. The first kappa shape index (κ1) is 24.9. The summed E-state index contributed by atoms with van der Waals surface area (Å²) in [5.41, 5.74) is 5.51. The maximum atomic E-state index is 13.1. The van der Waals surface area contributed by atoms with Crippen LogP contribution in [0.2, 0.25) is 0 Å². The largest absolute Gasteiger partial charge is 0.428 e. The van der Waals surface area contributed by atoms with Crippen molar-refractivity contribution in [1.82, 2.24) is 19.6 Å². The quantitative estimate of drug-likeness (QED) is 0.159. The normalized spacial score (nSPS) is 24.2. The van der Waals surface area contributed by atoms with E-state index in [9.17, 15) is 19.2 Å². The van der Waals surface area contributed by atoms with Crippen molar-refractivity contribution in [3.8, 4) is 0 Å². The molecule has 3 heterocycles. The Kier molecular flexibility index (Phi) is 7.54. The molecule has 0 aromatic carbocycles. The van der Waals surface area contributed by atoms with E-state index in [4.69, 9.17) is 15.3 Å². The van der Waals surface area contributed by atoms with E-state index in [1.165, 1.54) is 23.6 Å². The van der Waals surface area contributed by atoms with E-state index in [2.05, 4.69) is 24.6 Å². The summed E-state index contributed by atoms with van der Waals surface area (Å²) in [4.78, 5) is 60.2. The summed E-state index contributed by atoms with van der Waals surface area (Å²) in [7, 11) is 0. The third-order valence-corrected chi connectivity index (χ3v) is 7.33. The molecule has 3 atom stereocenters. The number of hydrogen-bond acceptors (Lipinski definition) is 13. The number of oxime groups is 1. The van der Waals surface area contributed by atoms with E-state index in [1.54, 1.807) is 6.08 Å². The summed E-state index contributed by atoms with van der Waals surface area (Å²) in [6.45, 7) is 2.46. The Hall–Kier alpha value is -3.20. The van der Waals surface area contributed by atoms with Crippen LogP contribution in [0.15, 0.2) is 16.9 Å². The van der Waals surface area contributed by atoms with Gasteiger partial charge in [0.25, 0.3) is 11.8 Å². The molecule has 4 rings (SSSR count). The number of thioether (sulfide) groups is 1. The van der Waals surface area contributed by atoms with Crippen LogP contribution in [0.4, 0.5) is 5.13 Å². The fourth-order valence-corrected chi connectivity index (χ4v) is 5.57. The van der Waals surface area contributed by atoms with Crippen LogP contribution in [0.3, 0.4) is 0 Å². The van der Waals surface area contributed by atoms with Gasteiger partial charge in [0.1, 0.15) is 23.2 Å². The van der Waals surface area contributed by atoms with Gasteiger partial charge >= 0.3 is 11.9 Å². The van der Waals surface area contributed by atoms with Gasteiger partial charge in [0.05, 0.1) is 0 Å². The van der Waals surface area contributed by atoms with Crippen molar-refractivity contribution in [3.63, 3.8) is 0 Å². The molecule has 1 saturated carbocycles. The molecule has 1 aromatic rings. The van der Waals surface area contributed by atoms with Crippen LogP contribution in [-0.4, -0.2) is 73.3 Å². The van der Waals surface area contributed by atoms with Gasteiger partial charge in [-0.25, -0.2) is 4.79 Å². The van der Waals surface area contributed by atoms with Crippen molar-refractivity contribution in [2.24, 2.45) is 5.16 Å². The summed E-state index contributed by atoms with van der Waals surface area (Å²) in [6, 6.07) is -0.924. The molecule has 0 radical (unpaired) electrons. The molecule has 1 aliphatic carbocycles. The summed E-state index contributed by atoms with van der Waals surface area (Å²) in [5.74, 6) is -2.60. The van der Waals surface area contributed by atoms with Crippen molar-refractivity contribution < 1.29 is 33.5 Å². The third kappa shape index (κ3) is 5.56. The Morgan fingerprint density at radius 3 is 2.69 bits per heavy atom. The number of nitrogen functional groups attached to an aromatic ring is 1.